The minimum Gasteiger partial charge on any atom is -0.444 e. The second-order valence-electron chi connectivity index (χ2n) is 10.6. The highest BCUT2D eigenvalue weighted by Crippen LogP contribution is 2.35. The number of piperidine rings is 1. The summed E-state index contributed by atoms with van der Waals surface area (Å²) in [4.78, 5) is 25.4. The molecule has 0 spiro atoms. The molecule has 1 amide bonds. The third-order valence-electron chi connectivity index (χ3n) is 6.76. The minimum absolute atomic E-state index is 0.0284. The maximum absolute atomic E-state index is 15.4. The summed E-state index contributed by atoms with van der Waals surface area (Å²) in [6.45, 7) is 15.8. The number of halogens is 1. The molecule has 2 saturated heterocycles. The molecule has 8 nitrogen and oxygen atoms in total. The van der Waals surface area contributed by atoms with E-state index in [4.69, 9.17) is 4.74 Å². The summed E-state index contributed by atoms with van der Waals surface area (Å²) in [5.74, 6) is 2.01. The van der Waals surface area contributed by atoms with Crippen molar-refractivity contribution in [2.24, 2.45) is 0 Å². The fraction of sp³-hybridized carbons (Fsp3) is 0.571. The summed E-state index contributed by atoms with van der Waals surface area (Å²) < 4.78 is 22.7. The lowest BCUT2D eigenvalue weighted by molar-refractivity contribution is 0.0111. The molecule has 2 atom stereocenters. The molecule has 9 heteroatoms. The van der Waals surface area contributed by atoms with E-state index >= 15 is 4.39 Å². The molecule has 37 heavy (non-hydrogen) atoms. The Hall–Kier alpha value is -3.23. The molecule has 3 aromatic rings. The first kappa shape index (κ1) is 26.8. The van der Waals surface area contributed by atoms with Gasteiger partial charge in [-0.25, -0.2) is 23.8 Å². The number of fused-ring (bicyclic) bond motifs is 1. The Balaban J connectivity index is 0.00000156. The molecule has 200 valence electrons. The minimum atomic E-state index is -1.18. The van der Waals surface area contributed by atoms with Gasteiger partial charge in [0, 0.05) is 37.0 Å². The SMILES string of the molecule is CC.Cc1nc(N2CCC2)cc(-n2ncc3cc(C)c(C4CCN(C(=O)OC(C)(C)C)CC4F)cc32)n1. The van der Waals surface area contributed by atoms with Gasteiger partial charge < -0.3 is 14.5 Å². The van der Waals surface area contributed by atoms with Crippen LogP contribution in [0.25, 0.3) is 16.7 Å². The normalized spacial score (nSPS) is 19.8. The molecule has 0 saturated carbocycles. The van der Waals surface area contributed by atoms with Crippen LogP contribution in [0.5, 0.6) is 0 Å². The first-order chi connectivity index (χ1) is 17.6. The second-order valence-corrected chi connectivity index (χ2v) is 10.6. The summed E-state index contributed by atoms with van der Waals surface area (Å²) >= 11 is 0. The van der Waals surface area contributed by atoms with E-state index in [1.54, 1.807) is 0 Å². The van der Waals surface area contributed by atoms with Crippen LogP contribution < -0.4 is 4.90 Å². The van der Waals surface area contributed by atoms with E-state index in [1.807, 2.05) is 71.5 Å². The highest BCUT2D eigenvalue weighted by Gasteiger charge is 2.35. The van der Waals surface area contributed by atoms with Gasteiger partial charge in [0.1, 0.15) is 23.4 Å². The predicted molar refractivity (Wildman–Crippen MR) is 144 cm³/mol. The topological polar surface area (TPSA) is 76.4 Å². The van der Waals surface area contributed by atoms with Crippen LogP contribution in [0.15, 0.2) is 24.4 Å². The number of aryl methyl sites for hydroxylation is 2. The number of hydrogen-bond donors (Lipinski definition) is 0. The molecule has 2 aliphatic heterocycles. The van der Waals surface area contributed by atoms with Crippen molar-refractivity contribution in [2.45, 2.75) is 79.0 Å². The third-order valence-corrected chi connectivity index (χ3v) is 6.76. The van der Waals surface area contributed by atoms with E-state index < -0.39 is 17.9 Å². The molecular weight excluding hydrogens is 471 g/mol. The predicted octanol–water partition coefficient (Wildman–Crippen LogP) is 5.73. The van der Waals surface area contributed by atoms with Gasteiger partial charge in [-0.2, -0.15) is 5.10 Å². The van der Waals surface area contributed by atoms with Crippen LogP contribution in [0.3, 0.4) is 0 Å². The number of hydrogen-bond acceptors (Lipinski definition) is 6. The molecule has 0 radical (unpaired) electrons. The smallest absolute Gasteiger partial charge is 0.410 e. The van der Waals surface area contributed by atoms with E-state index in [0.717, 1.165) is 40.9 Å². The quantitative estimate of drug-likeness (QED) is 0.448. The zero-order valence-corrected chi connectivity index (χ0v) is 23.1. The van der Waals surface area contributed by atoms with Gasteiger partial charge in [-0.1, -0.05) is 13.8 Å². The maximum Gasteiger partial charge on any atom is 0.410 e. The van der Waals surface area contributed by atoms with Gasteiger partial charge >= 0.3 is 6.09 Å². The molecule has 5 rings (SSSR count). The van der Waals surface area contributed by atoms with Crippen molar-refractivity contribution in [1.29, 1.82) is 0 Å². The molecule has 2 aliphatic rings. The van der Waals surface area contributed by atoms with E-state index in [1.165, 1.54) is 11.3 Å². The summed E-state index contributed by atoms with van der Waals surface area (Å²) in [6.07, 6.45) is 1.89. The average Bonchev–Trinajstić information content (AvgIpc) is 3.20. The molecule has 2 fully saturated rings. The first-order valence-corrected chi connectivity index (χ1v) is 13.3. The fourth-order valence-corrected chi connectivity index (χ4v) is 4.89. The second kappa shape index (κ2) is 10.6. The Labute approximate surface area is 218 Å². The van der Waals surface area contributed by atoms with Crippen LogP contribution in [0.4, 0.5) is 15.0 Å². The molecule has 0 bridgehead atoms. The largest absolute Gasteiger partial charge is 0.444 e. The summed E-state index contributed by atoms with van der Waals surface area (Å²) in [6, 6.07) is 6.07. The number of nitrogens with zero attached hydrogens (tertiary/aromatic N) is 6. The number of likely N-dealkylation sites (tertiary alicyclic amines) is 1. The van der Waals surface area contributed by atoms with Gasteiger partial charge in [0.05, 0.1) is 18.3 Å². The van der Waals surface area contributed by atoms with Crippen LogP contribution in [0, 0.1) is 13.8 Å². The van der Waals surface area contributed by atoms with Crippen LogP contribution in [-0.2, 0) is 4.74 Å². The number of rotatable bonds is 3. The Kier molecular flexibility index (Phi) is 7.71. The summed E-state index contributed by atoms with van der Waals surface area (Å²) in [7, 11) is 0. The first-order valence-electron chi connectivity index (χ1n) is 13.3. The van der Waals surface area contributed by atoms with Gasteiger partial charge in [0.15, 0.2) is 5.82 Å². The number of amides is 1. The van der Waals surface area contributed by atoms with Crippen LogP contribution in [-0.4, -0.2) is 68.7 Å². The van der Waals surface area contributed by atoms with Crippen LogP contribution in [0.1, 0.15) is 70.3 Å². The van der Waals surface area contributed by atoms with E-state index in [-0.39, 0.29) is 12.5 Å². The lowest BCUT2D eigenvalue weighted by Crippen LogP contribution is -2.46. The number of anilines is 1. The highest BCUT2D eigenvalue weighted by atomic mass is 19.1. The van der Waals surface area contributed by atoms with Gasteiger partial charge in [-0.05, 0) is 70.7 Å². The maximum atomic E-state index is 15.4. The Morgan fingerprint density at radius 1 is 1.05 bits per heavy atom. The van der Waals surface area contributed by atoms with Gasteiger partial charge in [-0.15, -0.1) is 0 Å². The van der Waals surface area contributed by atoms with E-state index in [0.29, 0.717) is 24.6 Å². The number of aromatic nitrogens is 4. The summed E-state index contributed by atoms with van der Waals surface area (Å²) in [5.41, 5.74) is 2.26. The van der Waals surface area contributed by atoms with Crippen molar-refractivity contribution in [1.82, 2.24) is 24.6 Å². The zero-order chi connectivity index (χ0) is 26.9. The molecule has 2 unspecified atom stereocenters. The van der Waals surface area contributed by atoms with Crippen LogP contribution >= 0.6 is 0 Å². The van der Waals surface area contributed by atoms with Crippen molar-refractivity contribution < 1.29 is 13.9 Å². The van der Waals surface area contributed by atoms with Gasteiger partial charge in [0.2, 0.25) is 0 Å². The van der Waals surface area contributed by atoms with Crippen LogP contribution in [0.2, 0.25) is 0 Å². The standard InChI is InChI=1S/C26H33FN6O2.C2H6/c1-16-11-18-14-28-33(24-13-23(29-17(2)30-24)31-8-6-9-31)22(18)12-20(16)19-7-10-32(15-21(19)27)25(34)35-26(3,4)5;1-2/h11-14,19,21H,6-10,15H2,1-5H3;1-2H3. The number of ether oxygens (including phenoxy) is 1. The number of benzene rings is 1. The highest BCUT2D eigenvalue weighted by molar-refractivity contribution is 5.82. The van der Waals surface area contributed by atoms with E-state index in [2.05, 4.69) is 26.0 Å². The van der Waals surface area contributed by atoms with Crippen molar-refractivity contribution in [3.8, 4) is 5.82 Å². The zero-order valence-electron chi connectivity index (χ0n) is 23.1. The molecule has 0 N–H and O–H groups in total. The monoisotopic (exact) mass is 510 g/mol. The van der Waals surface area contributed by atoms with Crippen molar-refractivity contribution in [3.05, 3.63) is 41.3 Å². The summed E-state index contributed by atoms with van der Waals surface area (Å²) in [5, 5.41) is 5.59. The van der Waals surface area contributed by atoms with Crippen molar-refractivity contribution in [2.75, 3.05) is 31.1 Å². The lowest BCUT2D eigenvalue weighted by Gasteiger charge is -2.36. The molecule has 4 heterocycles. The third kappa shape index (κ3) is 5.70. The fourth-order valence-electron chi connectivity index (χ4n) is 4.89. The molecule has 1 aromatic carbocycles. The van der Waals surface area contributed by atoms with Gasteiger partial charge in [0.25, 0.3) is 0 Å². The Morgan fingerprint density at radius 3 is 2.38 bits per heavy atom. The number of carbonyl (C=O) groups is 1. The molecule has 2 aromatic heterocycles. The average molecular weight is 511 g/mol. The number of alkyl halides is 1. The lowest BCUT2D eigenvalue weighted by atomic mass is 9.85. The Bertz CT molecular complexity index is 1260. The molecule has 0 aliphatic carbocycles. The van der Waals surface area contributed by atoms with Crippen molar-refractivity contribution >= 4 is 22.8 Å². The molecular formula is C28H39FN6O2. The van der Waals surface area contributed by atoms with Gasteiger partial charge in [-0.3, -0.25) is 0 Å². The van der Waals surface area contributed by atoms with Crippen molar-refractivity contribution in [3.63, 3.8) is 0 Å². The Morgan fingerprint density at radius 2 is 1.76 bits per heavy atom. The number of carbonyl (C=O) groups excluding carboxylic acids is 1. The van der Waals surface area contributed by atoms with E-state index in [9.17, 15) is 4.79 Å².